The van der Waals surface area contributed by atoms with Crippen LogP contribution in [0.25, 0.3) is 0 Å². The Kier molecular flexibility index (Phi) is 5.79. The predicted octanol–water partition coefficient (Wildman–Crippen LogP) is 1.44. The molecule has 1 saturated carbocycles. The Morgan fingerprint density at radius 2 is 1.69 bits per heavy atom. The second-order valence-corrected chi connectivity index (χ2v) is 8.93. The number of benzene rings is 1. The summed E-state index contributed by atoms with van der Waals surface area (Å²) < 4.78 is 40.6. The molecule has 0 aromatic heterocycles. The van der Waals surface area contributed by atoms with Gasteiger partial charge < -0.3 is 4.90 Å². The van der Waals surface area contributed by atoms with E-state index in [4.69, 9.17) is 0 Å². The molecular formula is C17H24FN3O4S. The summed E-state index contributed by atoms with van der Waals surface area (Å²) >= 11 is 0. The van der Waals surface area contributed by atoms with Gasteiger partial charge in [-0.3, -0.25) is 10.0 Å². The summed E-state index contributed by atoms with van der Waals surface area (Å²) in [4.78, 5) is 12.9. The maximum Gasteiger partial charge on any atom is 0.233 e. The molecule has 2 atom stereocenters. The first-order chi connectivity index (χ1) is 12.4. The van der Waals surface area contributed by atoms with Gasteiger partial charge in [0.1, 0.15) is 5.82 Å². The minimum Gasteiger partial charge on any atom is -0.369 e. The molecule has 7 nitrogen and oxygen atoms in total. The number of amides is 1. The molecule has 3 rings (SSSR count). The van der Waals surface area contributed by atoms with Crippen LogP contribution in [0.5, 0.6) is 0 Å². The van der Waals surface area contributed by atoms with Gasteiger partial charge in [-0.2, -0.15) is 4.31 Å². The Morgan fingerprint density at radius 3 is 2.31 bits per heavy atom. The molecule has 0 radical (unpaired) electrons. The molecule has 9 heteroatoms. The lowest BCUT2D eigenvalue weighted by molar-refractivity contribution is -0.162. The SMILES string of the molecule is O=CN(O)[C@H]1CCCCC1S(=O)(=O)N1CCN(c2ccc(F)cc2)CC1. The molecule has 144 valence electrons. The molecule has 1 heterocycles. The molecule has 2 fully saturated rings. The fourth-order valence-corrected chi connectivity index (χ4v) is 6.03. The molecule has 26 heavy (non-hydrogen) atoms. The summed E-state index contributed by atoms with van der Waals surface area (Å²) in [6.07, 6.45) is 2.76. The van der Waals surface area contributed by atoms with Crippen molar-refractivity contribution in [2.75, 3.05) is 31.1 Å². The zero-order valence-electron chi connectivity index (χ0n) is 14.5. The second-order valence-electron chi connectivity index (χ2n) is 6.78. The van der Waals surface area contributed by atoms with Crippen LogP contribution in [0.4, 0.5) is 10.1 Å². The highest BCUT2D eigenvalue weighted by Crippen LogP contribution is 2.30. The van der Waals surface area contributed by atoms with Gasteiger partial charge in [0.25, 0.3) is 0 Å². The van der Waals surface area contributed by atoms with E-state index >= 15 is 0 Å². The first-order valence-electron chi connectivity index (χ1n) is 8.85. The van der Waals surface area contributed by atoms with Crippen LogP contribution >= 0.6 is 0 Å². The van der Waals surface area contributed by atoms with Crippen LogP contribution in [0.15, 0.2) is 24.3 Å². The van der Waals surface area contributed by atoms with Crippen molar-refractivity contribution in [1.29, 1.82) is 0 Å². The monoisotopic (exact) mass is 385 g/mol. The molecule has 1 aliphatic carbocycles. The second kappa shape index (κ2) is 7.89. The van der Waals surface area contributed by atoms with Gasteiger partial charge >= 0.3 is 0 Å². The van der Waals surface area contributed by atoms with E-state index in [1.807, 2.05) is 4.90 Å². The van der Waals surface area contributed by atoms with Crippen molar-refractivity contribution >= 4 is 22.1 Å². The molecule has 1 amide bonds. The first-order valence-corrected chi connectivity index (χ1v) is 10.4. The van der Waals surface area contributed by atoms with E-state index in [-0.39, 0.29) is 12.2 Å². The van der Waals surface area contributed by atoms with Gasteiger partial charge in [0.15, 0.2) is 0 Å². The molecule has 1 N–H and O–H groups in total. The Morgan fingerprint density at radius 1 is 1.08 bits per heavy atom. The van der Waals surface area contributed by atoms with Crippen LogP contribution in [0.1, 0.15) is 25.7 Å². The van der Waals surface area contributed by atoms with Crippen molar-refractivity contribution in [3.63, 3.8) is 0 Å². The fourth-order valence-electron chi connectivity index (χ4n) is 3.85. The number of anilines is 1. The van der Waals surface area contributed by atoms with Crippen LogP contribution in [0.3, 0.4) is 0 Å². The van der Waals surface area contributed by atoms with E-state index in [9.17, 15) is 22.8 Å². The summed E-state index contributed by atoms with van der Waals surface area (Å²) in [6, 6.07) is 5.46. The van der Waals surface area contributed by atoms with Crippen LogP contribution < -0.4 is 4.90 Å². The zero-order valence-corrected chi connectivity index (χ0v) is 15.3. The Balaban J connectivity index is 1.68. The predicted molar refractivity (Wildman–Crippen MR) is 94.8 cm³/mol. The lowest BCUT2D eigenvalue weighted by Gasteiger charge is -2.40. The average Bonchev–Trinajstić information content (AvgIpc) is 2.68. The van der Waals surface area contributed by atoms with E-state index in [0.29, 0.717) is 44.1 Å². The largest absolute Gasteiger partial charge is 0.369 e. The summed E-state index contributed by atoms with van der Waals surface area (Å²) in [5.41, 5.74) is 0.862. The minimum absolute atomic E-state index is 0.283. The molecule has 1 aliphatic heterocycles. The number of carbonyl (C=O) groups excluding carboxylic acids is 1. The summed E-state index contributed by atoms with van der Waals surface area (Å²) in [5, 5.41) is 9.51. The number of hydrogen-bond donors (Lipinski definition) is 1. The van der Waals surface area contributed by atoms with Gasteiger partial charge in [-0.15, -0.1) is 0 Å². The molecule has 1 unspecified atom stereocenters. The van der Waals surface area contributed by atoms with Gasteiger partial charge in [-0.25, -0.2) is 17.9 Å². The van der Waals surface area contributed by atoms with Crippen LogP contribution in [-0.2, 0) is 14.8 Å². The third kappa shape index (κ3) is 3.84. The van der Waals surface area contributed by atoms with E-state index in [1.54, 1.807) is 12.1 Å². The summed E-state index contributed by atoms with van der Waals surface area (Å²) in [5.74, 6) is -0.304. The van der Waals surface area contributed by atoms with Gasteiger partial charge in [0.2, 0.25) is 16.4 Å². The van der Waals surface area contributed by atoms with Gasteiger partial charge in [0.05, 0.1) is 11.3 Å². The van der Waals surface area contributed by atoms with Gasteiger partial charge in [-0.1, -0.05) is 12.8 Å². The van der Waals surface area contributed by atoms with Crippen LogP contribution in [0, 0.1) is 5.82 Å². The standard InChI is InChI=1S/C17H24FN3O4S/c18-14-5-7-15(8-6-14)19-9-11-20(12-10-19)26(24,25)17-4-2-1-3-16(17)21(23)13-22/h5-8,13,16-17,23H,1-4,9-12H2/t16-,17?/m0/s1. The van der Waals surface area contributed by atoms with Crippen molar-refractivity contribution in [3.05, 3.63) is 30.1 Å². The third-order valence-electron chi connectivity index (χ3n) is 5.29. The van der Waals surface area contributed by atoms with Crippen LogP contribution in [0.2, 0.25) is 0 Å². The molecule has 2 aliphatic rings. The van der Waals surface area contributed by atoms with E-state index in [2.05, 4.69) is 0 Å². The minimum atomic E-state index is -3.62. The van der Waals surface area contributed by atoms with Gasteiger partial charge in [0, 0.05) is 31.9 Å². The smallest absolute Gasteiger partial charge is 0.233 e. The molecule has 0 bridgehead atoms. The van der Waals surface area contributed by atoms with Crippen molar-refractivity contribution in [2.45, 2.75) is 37.0 Å². The number of hydroxylamine groups is 2. The van der Waals surface area contributed by atoms with Crippen molar-refractivity contribution < 1.29 is 22.8 Å². The average molecular weight is 385 g/mol. The molecule has 0 spiro atoms. The number of nitrogens with zero attached hydrogens (tertiary/aromatic N) is 3. The van der Waals surface area contributed by atoms with E-state index in [0.717, 1.165) is 18.5 Å². The number of hydrogen-bond acceptors (Lipinski definition) is 5. The highest BCUT2D eigenvalue weighted by atomic mass is 32.2. The highest BCUT2D eigenvalue weighted by Gasteiger charge is 2.42. The molecule has 1 aromatic rings. The number of sulfonamides is 1. The molecule has 1 aromatic carbocycles. The summed E-state index contributed by atoms with van der Waals surface area (Å²) in [6.45, 7) is 1.68. The summed E-state index contributed by atoms with van der Waals surface area (Å²) in [7, 11) is -3.62. The Hall–Kier alpha value is -1.71. The first kappa shape index (κ1) is 19.1. The van der Waals surface area contributed by atoms with Gasteiger partial charge in [-0.05, 0) is 37.1 Å². The number of carbonyl (C=O) groups is 1. The number of piperazine rings is 1. The lowest BCUT2D eigenvalue weighted by Crippen LogP contribution is -2.56. The Bertz CT molecular complexity index is 720. The van der Waals surface area contributed by atoms with E-state index < -0.39 is 21.3 Å². The van der Waals surface area contributed by atoms with Crippen molar-refractivity contribution in [3.8, 4) is 0 Å². The Labute approximate surface area is 153 Å². The highest BCUT2D eigenvalue weighted by molar-refractivity contribution is 7.89. The zero-order chi connectivity index (χ0) is 18.7. The van der Waals surface area contributed by atoms with E-state index in [1.165, 1.54) is 16.4 Å². The maximum atomic E-state index is 13.1. The van der Waals surface area contributed by atoms with Crippen LogP contribution in [-0.4, -0.2) is 66.9 Å². The fraction of sp³-hybridized carbons (Fsp3) is 0.588. The number of halogens is 1. The number of rotatable bonds is 5. The third-order valence-corrected chi connectivity index (χ3v) is 7.69. The quantitative estimate of drug-likeness (QED) is 0.471. The van der Waals surface area contributed by atoms with Crippen molar-refractivity contribution in [1.82, 2.24) is 9.37 Å². The topological polar surface area (TPSA) is 81.2 Å². The molecule has 1 saturated heterocycles. The maximum absolute atomic E-state index is 13.1. The normalized spacial score (nSPS) is 25.1. The molecular weight excluding hydrogens is 361 g/mol. The van der Waals surface area contributed by atoms with Crippen molar-refractivity contribution in [2.24, 2.45) is 0 Å². The lowest BCUT2D eigenvalue weighted by atomic mass is 9.95.